The van der Waals surface area contributed by atoms with Gasteiger partial charge in [0.1, 0.15) is 11.6 Å². The van der Waals surface area contributed by atoms with Crippen molar-refractivity contribution in [1.29, 1.82) is 0 Å². The van der Waals surface area contributed by atoms with E-state index in [9.17, 15) is 4.39 Å². The van der Waals surface area contributed by atoms with Gasteiger partial charge in [0.15, 0.2) is 0 Å². The molecule has 94 valence electrons. The van der Waals surface area contributed by atoms with Crippen LogP contribution in [0.4, 0.5) is 10.2 Å². The second-order valence-electron chi connectivity index (χ2n) is 4.02. The lowest BCUT2D eigenvalue weighted by Crippen LogP contribution is -2.29. The molecule has 1 unspecified atom stereocenters. The van der Waals surface area contributed by atoms with Crippen LogP contribution in [-0.2, 0) is 6.42 Å². The van der Waals surface area contributed by atoms with Gasteiger partial charge in [0, 0.05) is 6.20 Å². The van der Waals surface area contributed by atoms with Crippen molar-refractivity contribution < 1.29 is 4.39 Å². The second kappa shape index (κ2) is 5.57. The zero-order valence-electron chi connectivity index (χ0n) is 9.81. The highest BCUT2D eigenvalue weighted by Gasteiger charge is 2.12. The summed E-state index contributed by atoms with van der Waals surface area (Å²) in [5.74, 6) is 5.75. The molecule has 5 heteroatoms. The SMILES string of the molecule is NNC(Cc1cccnc1N)c1ccc(F)cc1. The van der Waals surface area contributed by atoms with E-state index in [1.807, 2.05) is 12.1 Å². The predicted octanol–water partition coefficient (Wildman–Crippen LogP) is 1.55. The van der Waals surface area contributed by atoms with Crippen molar-refractivity contribution >= 4 is 5.82 Å². The van der Waals surface area contributed by atoms with E-state index in [0.717, 1.165) is 11.1 Å². The van der Waals surface area contributed by atoms with Crippen LogP contribution in [0.15, 0.2) is 42.6 Å². The molecular formula is C13H15FN4. The van der Waals surface area contributed by atoms with Gasteiger partial charge in [-0.2, -0.15) is 0 Å². The fourth-order valence-electron chi connectivity index (χ4n) is 1.81. The van der Waals surface area contributed by atoms with Crippen LogP contribution in [-0.4, -0.2) is 4.98 Å². The summed E-state index contributed by atoms with van der Waals surface area (Å²) in [6.07, 6.45) is 2.24. The third-order valence-electron chi connectivity index (χ3n) is 2.82. The van der Waals surface area contributed by atoms with Gasteiger partial charge in [-0.15, -0.1) is 0 Å². The number of pyridine rings is 1. The van der Waals surface area contributed by atoms with Gasteiger partial charge in [0.25, 0.3) is 0 Å². The minimum absolute atomic E-state index is 0.128. The molecule has 18 heavy (non-hydrogen) atoms. The van der Waals surface area contributed by atoms with Crippen molar-refractivity contribution in [3.05, 3.63) is 59.5 Å². The lowest BCUT2D eigenvalue weighted by molar-refractivity contribution is 0.549. The molecule has 0 radical (unpaired) electrons. The number of hydrogen-bond acceptors (Lipinski definition) is 4. The lowest BCUT2D eigenvalue weighted by atomic mass is 10.00. The maximum Gasteiger partial charge on any atom is 0.126 e. The van der Waals surface area contributed by atoms with Gasteiger partial charge in [-0.05, 0) is 35.7 Å². The summed E-state index contributed by atoms with van der Waals surface area (Å²) in [5, 5.41) is 0. The minimum Gasteiger partial charge on any atom is -0.383 e. The number of nitrogens with zero attached hydrogens (tertiary/aromatic N) is 1. The minimum atomic E-state index is -0.268. The van der Waals surface area contributed by atoms with E-state index in [0.29, 0.717) is 12.2 Å². The summed E-state index contributed by atoms with van der Waals surface area (Å²) in [6, 6.07) is 9.81. The first-order valence-electron chi connectivity index (χ1n) is 5.61. The molecule has 0 bridgehead atoms. The van der Waals surface area contributed by atoms with E-state index in [2.05, 4.69) is 10.4 Å². The van der Waals surface area contributed by atoms with Gasteiger partial charge in [0.2, 0.25) is 0 Å². The molecule has 0 aliphatic rings. The fraction of sp³-hybridized carbons (Fsp3) is 0.154. The molecule has 0 saturated heterocycles. The summed E-state index contributed by atoms with van der Waals surface area (Å²) in [4.78, 5) is 4.02. The zero-order valence-corrected chi connectivity index (χ0v) is 9.81. The van der Waals surface area contributed by atoms with Gasteiger partial charge >= 0.3 is 0 Å². The van der Waals surface area contributed by atoms with Crippen LogP contribution in [0, 0.1) is 5.82 Å². The summed E-state index contributed by atoms with van der Waals surface area (Å²) in [7, 11) is 0. The molecule has 1 aromatic heterocycles. The van der Waals surface area contributed by atoms with E-state index in [1.54, 1.807) is 18.3 Å². The Morgan fingerprint density at radius 1 is 1.22 bits per heavy atom. The Morgan fingerprint density at radius 3 is 2.56 bits per heavy atom. The molecule has 0 amide bonds. The number of nitrogens with two attached hydrogens (primary N) is 2. The predicted molar refractivity (Wildman–Crippen MR) is 68.8 cm³/mol. The largest absolute Gasteiger partial charge is 0.383 e. The number of hydrazine groups is 1. The molecule has 0 aliphatic carbocycles. The third-order valence-corrected chi connectivity index (χ3v) is 2.82. The first-order valence-corrected chi connectivity index (χ1v) is 5.61. The van der Waals surface area contributed by atoms with E-state index >= 15 is 0 Å². The molecular weight excluding hydrogens is 231 g/mol. The number of rotatable bonds is 4. The van der Waals surface area contributed by atoms with Crippen molar-refractivity contribution in [3.63, 3.8) is 0 Å². The van der Waals surface area contributed by atoms with Crippen LogP contribution in [0.1, 0.15) is 17.2 Å². The van der Waals surface area contributed by atoms with Gasteiger partial charge < -0.3 is 5.73 Å². The summed E-state index contributed by atoms with van der Waals surface area (Å²) >= 11 is 0. The molecule has 5 N–H and O–H groups in total. The summed E-state index contributed by atoms with van der Waals surface area (Å²) in [6.45, 7) is 0. The van der Waals surface area contributed by atoms with Crippen molar-refractivity contribution in [1.82, 2.24) is 10.4 Å². The molecule has 2 aromatic rings. The monoisotopic (exact) mass is 246 g/mol. The topological polar surface area (TPSA) is 77.0 Å². The first-order chi connectivity index (χ1) is 8.70. The van der Waals surface area contributed by atoms with Crippen LogP contribution in [0.5, 0.6) is 0 Å². The number of aromatic nitrogens is 1. The Balaban J connectivity index is 2.20. The molecule has 4 nitrogen and oxygen atoms in total. The van der Waals surface area contributed by atoms with Gasteiger partial charge in [0.05, 0.1) is 6.04 Å². The average Bonchev–Trinajstić information content (AvgIpc) is 2.39. The first kappa shape index (κ1) is 12.5. The zero-order chi connectivity index (χ0) is 13.0. The van der Waals surface area contributed by atoms with E-state index in [1.165, 1.54) is 12.1 Å². The fourth-order valence-corrected chi connectivity index (χ4v) is 1.81. The maximum atomic E-state index is 12.9. The molecule has 1 atom stereocenters. The molecule has 0 aliphatic heterocycles. The van der Waals surface area contributed by atoms with Gasteiger partial charge in [-0.1, -0.05) is 18.2 Å². The molecule has 0 saturated carbocycles. The van der Waals surface area contributed by atoms with Gasteiger partial charge in [-0.25, -0.2) is 9.37 Å². The van der Waals surface area contributed by atoms with Crippen molar-refractivity contribution in [2.24, 2.45) is 5.84 Å². The van der Waals surface area contributed by atoms with Crippen molar-refractivity contribution in [3.8, 4) is 0 Å². The number of nitrogen functional groups attached to an aromatic ring is 1. The average molecular weight is 246 g/mol. The van der Waals surface area contributed by atoms with E-state index in [4.69, 9.17) is 11.6 Å². The second-order valence-corrected chi connectivity index (χ2v) is 4.02. The van der Waals surface area contributed by atoms with Gasteiger partial charge in [-0.3, -0.25) is 11.3 Å². The lowest BCUT2D eigenvalue weighted by Gasteiger charge is -2.17. The highest BCUT2D eigenvalue weighted by molar-refractivity contribution is 5.39. The molecule has 1 aromatic carbocycles. The smallest absolute Gasteiger partial charge is 0.126 e. The third kappa shape index (κ3) is 2.82. The van der Waals surface area contributed by atoms with Crippen molar-refractivity contribution in [2.75, 3.05) is 5.73 Å². The number of nitrogens with one attached hydrogen (secondary N) is 1. The normalized spacial score (nSPS) is 12.3. The van der Waals surface area contributed by atoms with Crippen LogP contribution >= 0.6 is 0 Å². The molecule has 2 rings (SSSR count). The van der Waals surface area contributed by atoms with Crippen LogP contribution in [0.25, 0.3) is 0 Å². The Kier molecular flexibility index (Phi) is 3.86. The quantitative estimate of drug-likeness (QED) is 0.565. The summed E-state index contributed by atoms with van der Waals surface area (Å²) in [5.41, 5.74) is 10.3. The Morgan fingerprint density at radius 2 is 1.94 bits per heavy atom. The highest BCUT2D eigenvalue weighted by atomic mass is 19.1. The van der Waals surface area contributed by atoms with Crippen LogP contribution in [0.3, 0.4) is 0 Å². The number of benzene rings is 1. The van der Waals surface area contributed by atoms with E-state index < -0.39 is 0 Å². The van der Waals surface area contributed by atoms with Crippen molar-refractivity contribution in [2.45, 2.75) is 12.5 Å². The number of hydrogen-bond donors (Lipinski definition) is 3. The van der Waals surface area contributed by atoms with Crippen LogP contribution in [0.2, 0.25) is 0 Å². The summed E-state index contributed by atoms with van der Waals surface area (Å²) < 4.78 is 12.9. The van der Waals surface area contributed by atoms with Crippen LogP contribution < -0.4 is 17.0 Å². The number of anilines is 1. The molecule has 0 spiro atoms. The van der Waals surface area contributed by atoms with E-state index in [-0.39, 0.29) is 11.9 Å². The molecule has 0 fully saturated rings. The standard InChI is InChI=1S/C13H15FN4/c14-11-5-3-9(4-6-11)12(18-16)8-10-2-1-7-17-13(10)15/h1-7,12,18H,8,16H2,(H2,15,17). The Labute approximate surface area is 105 Å². The maximum absolute atomic E-state index is 12.9. The highest BCUT2D eigenvalue weighted by Crippen LogP contribution is 2.20. The Bertz CT molecular complexity index is 513. The molecule has 1 heterocycles. The number of halogens is 1. The Hall–Kier alpha value is -1.98.